The van der Waals surface area contributed by atoms with Crippen molar-refractivity contribution in [3.63, 3.8) is 0 Å². The molecule has 1 unspecified atom stereocenters. The highest BCUT2D eigenvalue weighted by molar-refractivity contribution is 5.82. The number of likely N-dealkylation sites (tertiary alicyclic amines) is 1. The van der Waals surface area contributed by atoms with Crippen LogP contribution in [0.4, 0.5) is 5.69 Å². The molecule has 7 nitrogen and oxygen atoms in total. The Labute approximate surface area is 121 Å². The van der Waals surface area contributed by atoms with Gasteiger partial charge in [0, 0.05) is 24.7 Å². The summed E-state index contributed by atoms with van der Waals surface area (Å²) in [5.41, 5.74) is -0.680. The summed E-state index contributed by atoms with van der Waals surface area (Å²) >= 11 is 0. The van der Waals surface area contributed by atoms with Crippen LogP contribution < -0.4 is 0 Å². The minimum atomic E-state index is -0.932. The van der Waals surface area contributed by atoms with Gasteiger partial charge in [-0.3, -0.25) is 19.7 Å². The lowest BCUT2D eigenvalue weighted by Gasteiger charge is -2.20. The fraction of sp³-hybridized carbons (Fsp3) is 0.429. The maximum absolute atomic E-state index is 12.2. The predicted octanol–water partition coefficient (Wildman–Crippen LogP) is 1.46. The van der Waals surface area contributed by atoms with Gasteiger partial charge in [-0.15, -0.1) is 0 Å². The number of nitro groups is 1. The Balaban J connectivity index is 2.10. The van der Waals surface area contributed by atoms with Gasteiger partial charge in [0.15, 0.2) is 0 Å². The van der Waals surface area contributed by atoms with E-state index in [4.69, 9.17) is 5.11 Å². The summed E-state index contributed by atoms with van der Waals surface area (Å²) in [7, 11) is 0. The Morgan fingerprint density at radius 3 is 2.67 bits per heavy atom. The van der Waals surface area contributed by atoms with Crippen LogP contribution in [0.2, 0.25) is 0 Å². The maximum Gasteiger partial charge on any atom is 0.311 e. The molecule has 7 heteroatoms. The van der Waals surface area contributed by atoms with E-state index < -0.39 is 16.3 Å². The van der Waals surface area contributed by atoms with Crippen molar-refractivity contribution in [3.05, 3.63) is 39.9 Å². The minimum absolute atomic E-state index is 0.0904. The molecule has 1 aliphatic heterocycles. The number of benzene rings is 1. The molecule has 1 aromatic carbocycles. The van der Waals surface area contributed by atoms with Crippen molar-refractivity contribution in [2.24, 2.45) is 5.41 Å². The Bertz CT molecular complexity index is 601. The van der Waals surface area contributed by atoms with E-state index in [1.165, 1.54) is 11.0 Å². The molecule has 2 rings (SSSR count). The largest absolute Gasteiger partial charge is 0.481 e. The predicted molar refractivity (Wildman–Crippen MR) is 73.7 cm³/mol. The molecule has 0 aliphatic carbocycles. The van der Waals surface area contributed by atoms with Crippen LogP contribution in [0.1, 0.15) is 18.9 Å². The highest BCUT2D eigenvalue weighted by atomic mass is 16.6. The lowest BCUT2D eigenvalue weighted by atomic mass is 9.90. The fourth-order valence-corrected chi connectivity index (χ4v) is 2.46. The van der Waals surface area contributed by atoms with Gasteiger partial charge in [0.1, 0.15) is 0 Å². The van der Waals surface area contributed by atoms with Crippen LogP contribution in [-0.4, -0.2) is 39.9 Å². The number of nitro benzene ring substituents is 1. The first-order valence-electron chi connectivity index (χ1n) is 6.57. The van der Waals surface area contributed by atoms with E-state index in [2.05, 4.69) is 0 Å². The summed E-state index contributed by atoms with van der Waals surface area (Å²) in [6.07, 6.45) is 0.303. The molecule has 0 bridgehead atoms. The zero-order chi connectivity index (χ0) is 15.6. The molecule has 1 fully saturated rings. The molecule has 21 heavy (non-hydrogen) atoms. The Morgan fingerprint density at radius 2 is 2.10 bits per heavy atom. The number of carboxylic acids is 1. The molecule has 0 saturated carbocycles. The van der Waals surface area contributed by atoms with Crippen LogP contribution in [0.15, 0.2) is 24.3 Å². The zero-order valence-corrected chi connectivity index (χ0v) is 11.6. The molecular weight excluding hydrogens is 276 g/mol. The molecule has 0 spiro atoms. The van der Waals surface area contributed by atoms with Crippen molar-refractivity contribution < 1.29 is 19.6 Å². The average molecular weight is 292 g/mol. The molecule has 112 valence electrons. The second-order valence-corrected chi connectivity index (χ2v) is 5.49. The molecule has 1 heterocycles. The first-order chi connectivity index (χ1) is 9.83. The van der Waals surface area contributed by atoms with Crippen molar-refractivity contribution >= 4 is 17.6 Å². The number of para-hydroxylation sites is 1. The van der Waals surface area contributed by atoms with Gasteiger partial charge < -0.3 is 10.0 Å². The smallest absolute Gasteiger partial charge is 0.311 e. The van der Waals surface area contributed by atoms with Crippen LogP contribution in [-0.2, 0) is 16.0 Å². The summed E-state index contributed by atoms with van der Waals surface area (Å²) in [5, 5.41) is 20.1. The molecule has 1 saturated heterocycles. The number of carboxylic acid groups (broad SMARTS) is 1. The van der Waals surface area contributed by atoms with Gasteiger partial charge in [0.05, 0.1) is 16.8 Å². The van der Waals surface area contributed by atoms with E-state index in [1.807, 2.05) is 0 Å². The monoisotopic (exact) mass is 292 g/mol. The number of rotatable bonds is 4. The third-order valence-electron chi connectivity index (χ3n) is 3.87. The van der Waals surface area contributed by atoms with Gasteiger partial charge in [-0.05, 0) is 13.3 Å². The lowest BCUT2D eigenvalue weighted by Crippen LogP contribution is -2.35. The van der Waals surface area contributed by atoms with Gasteiger partial charge in [0.2, 0.25) is 5.91 Å². The van der Waals surface area contributed by atoms with Gasteiger partial charge in [0.25, 0.3) is 5.69 Å². The summed E-state index contributed by atoms with van der Waals surface area (Å²) in [6, 6.07) is 6.08. The Morgan fingerprint density at radius 1 is 1.43 bits per heavy atom. The van der Waals surface area contributed by atoms with Crippen LogP contribution in [0.5, 0.6) is 0 Å². The zero-order valence-electron chi connectivity index (χ0n) is 11.6. The SMILES string of the molecule is CC1(C(=O)O)CCN(C(=O)Cc2ccccc2[N+](=O)[O-])C1. The van der Waals surface area contributed by atoms with Crippen molar-refractivity contribution in [1.82, 2.24) is 4.90 Å². The molecule has 1 N–H and O–H groups in total. The highest BCUT2D eigenvalue weighted by Crippen LogP contribution is 2.30. The summed E-state index contributed by atoms with van der Waals surface area (Å²) in [4.78, 5) is 35.2. The summed E-state index contributed by atoms with van der Waals surface area (Å²) in [5.74, 6) is -1.21. The van der Waals surface area contributed by atoms with Gasteiger partial charge in [-0.25, -0.2) is 0 Å². The van der Waals surface area contributed by atoms with E-state index in [0.29, 0.717) is 18.5 Å². The highest BCUT2D eigenvalue weighted by Gasteiger charge is 2.42. The average Bonchev–Trinajstić information content (AvgIpc) is 2.83. The Hall–Kier alpha value is -2.44. The summed E-state index contributed by atoms with van der Waals surface area (Å²) < 4.78 is 0. The van der Waals surface area contributed by atoms with E-state index in [0.717, 1.165) is 0 Å². The van der Waals surface area contributed by atoms with E-state index in [1.54, 1.807) is 25.1 Å². The molecule has 0 radical (unpaired) electrons. The number of carbonyl (C=O) groups excluding carboxylic acids is 1. The second-order valence-electron chi connectivity index (χ2n) is 5.49. The number of aliphatic carboxylic acids is 1. The molecule has 1 atom stereocenters. The van der Waals surface area contributed by atoms with Crippen LogP contribution in [0, 0.1) is 15.5 Å². The first kappa shape index (κ1) is 15.0. The third kappa shape index (κ3) is 3.01. The Kier molecular flexibility index (Phi) is 3.93. The van der Waals surface area contributed by atoms with Crippen molar-refractivity contribution in [2.75, 3.05) is 13.1 Å². The van der Waals surface area contributed by atoms with E-state index in [9.17, 15) is 19.7 Å². The molecule has 0 aromatic heterocycles. The number of hydrogen-bond acceptors (Lipinski definition) is 4. The fourth-order valence-electron chi connectivity index (χ4n) is 2.46. The normalized spacial score (nSPS) is 21.3. The minimum Gasteiger partial charge on any atom is -0.481 e. The van der Waals surface area contributed by atoms with E-state index in [-0.39, 0.29) is 24.6 Å². The van der Waals surface area contributed by atoms with Gasteiger partial charge in [-0.1, -0.05) is 18.2 Å². The second kappa shape index (κ2) is 5.51. The topological polar surface area (TPSA) is 101 Å². The van der Waals surface area contributed by atoms with Crippen molar-refractivity contribution in [2.45, 2.75) is 19.8 Å². The standard InChI is InChI=1S/C14H16N2O5/c1-14(13(18)19)6-7-15(9-14)12(17)8-10-4-2-3-5-11(10)16(20)21/h2-5H,6-9H2,1H3,(H,18,19). The number of carbonyl (C=O) groups is 2. The maximum atomic E-state index is 12.2. The van der Waals surface area contributed by atoms with Crippen molar-refractivity contribution in [3.8, 4) is 0 Å². The third-order valence-corrected chi connectivity index (χ3v) is 3.87. The summed E-state index contributed by atoms with van der Waals surface area (Å²) in [6.45, 7) is 2.11. The molecule has 1 aliphatic rings. The molecular formula is C14H16N2O5. The van der Waals surface area contributed by atoms with Crippen LogP contribution in [0.25, 0.3) is 0 Å². The quantitative estimate of drug-likeness (QED) is 0.668. The van der Waals surface area contributed by atoms with Crippen LogP contribution >= 0.6 is 0 Å². The van der Waals surface area contributed by atoms with Crippen LogP contribution in [0.3, 0.4) is 0 Å². The number of nitrogens with zero attached hydrogens (tertiary/aromatic N) is 2. The first-order valence-corrected chi connectivity index (χ1v) is 6.57. The lowest BCUT2D eigenvalue weighted by molar-refractivity contribution is -0.385. The molecule has 1 amide bonds. The number of amides is 1. The van der Waals surface area contributed by atoms with Gasteiger partial charge >= 0.3 is 5.97 Å². The van der Waals surface area contributed by atoms with E-state index >= 15 is 0 Å². The number of hydrogen-bond donors (Lipinski definition) is 1. The van der Waals surface area contributed by atoms with Crippen molar-refractivity contribution in [1.29, 1.82) is 0 Å². The molecule has 1 aromatic rings. The van der Waals surface area contributed by atoms with Gasteiger partial charge in [-0.2, -0.15) is 0 Å².